The predicted octanol–water partition coefficient (Wildman–Crippen LogP) is 7.22. The Labute approximate surface area is 291 Å². The van der Waals surface area contributed by atoms with Gasteiger partial charge in [0, 0.05) is 34.7 Å². The number of pyridine rings is 1. The molecule has 49 heavy (non-hydrogen) atoms. The van der Waals surface area contributed by atoms with Crippen molar-refractivity contribution in [3.63, 3.8) is 0 Å². The number of fused-ring (bicyclic) bond motifs is 1. The first-order valence-electron chi connectivity index (χ1n) is 16.9. The van der Waals surface area contributed by atoms with Crippen molar-refractivity contribution in [2.75, 3.05) is 20.8 Å². The summed E-state index contributed by atoms with van der Waals surface area (Å²) in [4.78, 5) is 39.1. The zero-order chi connectivity index (χ0) is 34.7. The van der Waals surface area contributed by atoms with E-state index < -0.39 is 24.2 Å². The number of nitrogens with zero attached hydrogens (tertiary/aromatic N) is 4. The molecule has 6 rings (SSSR count). The summed E-state index contributed by atoms with van der Waals surface area (Å²) >= 11 is 1.53. The summed E-state index contributed by atoms with van der Waals surface area (Å²) in [6.07, 6.45) is 3.73. The molecule has 4 aromatic rings. The van der Waals surface area contributed by atoms with Crippen LogP contribution in [-0.2, 0) is 14.3 Å². The van der Waals surface area contributed by atoms with Crippen LogP contribution in [0.4, 0.5) is 0 Å². The van der Waals surface area contributed by atoms with Crippen LogP contribution >= 0.6 is 11.3 Å². The molecule has 10 nitrogen and oxygen atoms in total. The standard InChI is InChI=1S/C38H42N4O6S/c1-22(2)30-21-49-36(41-30)29-18-33(28-14-15-32(45-4)23(3)34(28)40-29)47-27-17-31(38(44)46-5)42(20-27)37(43)35(25-11-7-6-8-12-25)48-26-13-9-10-24(16-26)19-39/h9-10,13-16,18,21-22,25,27,31,35H,6-8,11-12,17,20H2,1-5H3. The van der Waals surface area contributed by atoms with E-state index in [0.717, 1.165) is 59.3 Å². The van der Waals surface area contributed by atoms with E-state index in [9.17, 15) is 14.9 Å². The fraction of sp³-hybridized carbons (Fsp3) is 0.447. The van der Waals surface area contributed by atoms with Crippen LogP contribution in [0.15, 0.2) is 47.8 Å². The minimum Gasteiger partial charge on any atom is -0.496 e. The van der Waals surface area contributed by atoms with Gasteiger partial charge in [0.25, 0.3) is 5.91 Å². The maximum absolute atomic E-state index is 14.5. The molecule has 1 aliphatic heterocycles. The third-order valence-corrected chi connectivity index (χ3v) is 10.4. The monoisotopic (exact) mass is 682 g/mol. The van der Waals surface area contributed by atoms with E-state index in [2.05, 4.69) is 19.9 Å². The second-order valence-electron chi connectivity index (χ2n) is 13.1. The summed E-state index contributed by atoms with van der Waals surface area (Å²) in [5, 5.41) is 13.1. The highest BCUT2D eigenvalue weighted by Gasteiger charge is 2.46. The van der Waals surface area contributed by atoms with Crippen molar-refractivity contribution in [1.82, 2.24) is 14.9 Å². The highest BCUT2D eigenvalue weighted by atomic mass is 32.1. The molecule has 0 radical (unpaired) electrons. The van der Waals surface area contributed by atoms with E-state index in [1.807, 2.05) is 30.5 Å². The van der Waals surface area contributed by atoms with Gasteiger partial charge in [0.15, 0.2) is 6.10 Å². The van der Waals surface area contributed by atoms with E-state index in [4.69, 9.17) is 28.9 Å². The molecule has 1 aliphatic carbocycles. The molecule has 1 saturated heterocycles. The SMILES string of the molecule is COC(=O)C1CC(Oc2cc(-c3nc(C(C)C)cs3)nc3c(C)c(OC)ccc23)CN1C(=O)C(Oc1cccc(C#N)c1)C1CCCCC1. The molecule has 3 atom stereocenters. The van der Waals surface area contributed by atoms with Crippen LogP contribution in [0.5, 0.6) is 17.2 Å². The van der Waals surface area contributed by atoms with Gasteiger partial charge in [-0.3, -0.25) is 4.79 Å². The lowest BCUT2D eigenvalue weighted by atomic mass is 9.84. The highest BCUT2D eigenvalue weighted by Crippen LogP contribution is 2.39. The van der Waals surface area contributed by atoms with Crippen LogP contribution in [0.3, 0.4) is 0 Å². The molecule has 2 aliphatic rings. The van der Waals surface area contributed by atoms with Crippen molar-refractivity contribution < 1.29 is 28.5 Å². The number of aromatic nitrogens is 2. The number of rotatable bonds is 10. The second-order valence-corrected chi connectivity index (χ2v) is 14.0. The molecular formula is C38H42N4O6S. The molecule has 1 amide bonds. The van der Waals surface area contributed by atoms with Gasteiger partial charge in [-0.15, -0.1) is 11.3 Å². The maximum Gasteiger partial charge on any atom is 0.328 e. The first kappa shape index (κ1) is 34.2. The van der Waals surface area contributed by atoms with E-state index in [-0.39, 0.29) is 30.7 Å². The molecule has 3 heterocycles. The van der Waals surface area contributed by atoms with Crippen molar-refractivity contribution in [1.29, 1.82) is 5.26 Å². The van der Waals surface area contributed by atoms with Crippen LogP contribution in [0.1, 0.15) is 75.1 Å². The lowest BCUT2D eigenvalue weighted by Crippen LogP contribution is -2.50. The Morgan fingerprint density at radius 1 is 1.04 bits per heavy atom. The number of nitriles is 1. The fourth-order valence-electron chi connectivity index (χ4n) is 6.88. The zero-order valence-corrected chi connectivity index (χ0v) is 29.4. The highest BCUT2D eigenvalue weighted by molar-refractivity contribution is 7.13. The van der Waals surface area contributed by atoms with Gasteiger partial charge in [-0.05, 0) is 56.0 Å². The number of methoxy groups -OCH3 is 2. The van der Waals surface area contributed by atoms with Crippen LogP contribution in [0, 0.1) is 24.2 Å². The van der Waals surface area contributed by atoms with Crippen molar-refractivity contribution in [2.24, 2.45) is 5.92 Å². The fourth-order valence-corrected chi connectivity index (χ4v) is 7.82. The van der Waals surface area contributed by atoms with E-state index in [1.54, 1.807) is 36.3 Å². The largest absolute Gasteiger partial charge is 0.496 e. The molecule has 1 saturated carbocycles. The van der Waals surface area contributed by atoms with Crippen molar-refractivity contribution in [3.8, 4) is 34.0 Å². The number of thiazole rings is 1. The summed E-state index contributed by atoms with van der Waals surface area (Å²) in [5.41, 5.74) is 3.72. The number of aryl methyl sites for hydroxylation is 1. The number of carbonyl (C=O) groups excluding carboxylic acids is 2. The Morgan fingerprint density at radius 3 is 2.53 bits per heavy atom. The van der Waals surface area contributed by atoms with E-state index in [1.165, 1.54) is 18.4 Å². The number of hydrogen-bond acceptors (Lipinski definition) is 10. The molecule has 0 N–H and O–H groups in total. The van der Waals surface area contributed by atoms with Gasteiger partial charge in [-0.25, -0.2) is 14.8 Å². The summed E-state index contributed by atoms with van der Waals surface area (Å²) in [6.45, 7) is 6.35. The lowest BCUT2D eigenvalue weighted by molar-refractivity contribution is -0.155. The molecule has 11 heteroatoms. The topological polar surface area (TPSA) is 124 Å². The van der Waals surface area contributed by atoms with Crippen molar-refractivity contribution in [2.45, 2.75) is 83.5 Å². The van der Waals surface area contributed by atoms with Gasteiger partial charge >= 0.3 is 5.97 Å². The Morgan fingerprint density at radius 2 is 1.84 bits per heavy atom. The van der Waals surface area contributed by atoms with Crippen molar-refractivity contribution in [3.05, 3.63) is 64.7 Å². The number of amides is 1. The number of esters is 1. The Hall–Kier alpha value is -4.69. The summed E-state index contributed by atoms with van der Waals surface area (Å²) < 4.78 is 23.9. The first-order valence-corrected chi connectivity index (χ1v) is 17.7. The molecular weight excluding hydrogens is 641 g/mol. The van der Waals surface area contributed by atoms with Crippen LogP contribution in [-0.4, -0.2) is 65.8 Å². The zero-order valence-electron chi connectivity index (χ0n) is 28.6. The third kappa shape index (κ3) is 7.20. The van der Waals surface area contributed by atoms with Crippen LogP contribution in [0.2, 0.25) is 0 Å². The average Bonchev–Trinajstić information content (AvgIpc) is 3.79. The number of benzene rings is 2. The van der Waals surface area contributed by atoms with Gasteiger partial charge in [-0.1, -0.05) is 39.2 Å². The van der Waals surface area contributed by atoms with Gasteiger partial charge in [-0.2, -0.15) is 5.26 Å². The van der Waals surface area contributed by atoms with Gasteiger partial charge in [0.05, 0.1) is 43.6 Å². The lowest BCUT2D eigenvalue weighted by Gasteiger charge is -2.34. The van der Waals surface area contributed by atoms with Gasteiger partial charge < -0.3 is 23.8 Å². The number of carbonyl (C=O) groups is 2. The van der Waals surface area contributed by atoms with Crippen LogP contribution < -0.4 is 14.2 Å². The average molecular weight is 683 g/mol. The molecule has 2 aromatic carbocycles. The normalized spacial score (nSPS) is 18.7. The van der Waals surface area contributed by atoms with E-state index >= 15 is 0 Å². The second kappa shape index (κ2) is 14.8. The molecule has 256 valence electrons. The maximum atomic E-state index is 14.5. The molecule has 2 aromatic heterocycles. The summed E-state index contributed by atoms with van der Waals surface area (Å²) in [7, 11) is 2.96. The first-order chi connectivity index (χ1) is 23.7. The molecule has 3 unspecified atom stereocenters. The molecule has 2 fully saturated rings. The molecule has 0 bridgehead atoms. The Kier molecular flexibility index (Phi) is 10.3. The number of ether oxygens (including phenoxy) is 4. The van der Waals surface area contributed by atoms with E-state index in [0.29, 0.717) is 28.5 Å². The van der Waals surface area contributed by atoms with Crippen molar-refractivity contribution >= 4 is 34.1 Å². The smallest absolute Gasteiger partial charge is 0.328 e. The summed E-state index contributed by atoms with van der Waals surface area (Å²) in [5.74, 6) is 1.22. The Bertz CT molecular complexity index is 1880. The Balaban J connectivity index is 1.34. The summed E-state index contributed by atoms with van der Waals surface area (Å²) in [6, 6.07) is 13.8. The van der Waals surface area contributed by atoms with Gasteiger partial charge in [0.1, 0.15) is 40.1 Å². The number of hydrogen-bond donors (Lipinski definition) is 0. The third-order valence-electron chi connectivity index (χ3n) is 9.56. The van der Waals surface area contributed by atoms with Crippen LogP contribution in [0.25, 0.3) is 21.6 Å². The minimum absolute atomic E-state index is 0.0241. The molecule has 0 spiro atoms. The minimum atomic E-state index is -0.843. The number of likely N-dealkylation sites (tertiary alicyclic amines) is 1. The predicted molar refractivity (Wildman–Crippen MR) is 187 cm³/mol. The quantitative estimate of drug-likeness (QED) is 0.160. The van der Waals surface area contributed by atoms with Gasteiger partial charge in [0.2, 0.25) is 0 Å².